The Labute approximate surface area is 209 Å². The van der Waals surface area contributed by atoms with Gasteiger partial charge in [0.05, 0.1) is 17.8 Å². The topological polar surface area (TPSA) is 92.0 Å². The predicted octanol–water partition coefficient (Wildman–Crippen LogP) is 5.17. The van der Waals surface area contributed by atoms with E-state index in [0.717, 1.165) is 19.2 Å². The molecule has 1 aromatic carbocycles. The van der Waals surface area contributed by atoms with Crippen LogP contribution in [0.5, 0.6) is 0 Å². The molecule has 0 amide bonds. The molecule has 0 fully saturated rings. The van der Waals surface area contributed by atoms with E-state index in [9.17, 15) is 13.9 Å². The standard InChI is InChI=1S/C26H31F2N7O/c1-15(2)35-16(3)31-25-19(27)11-18(12-21(25)35)24-20(28)14-30-26(33-24)32-23-9-8-17(13-29-23)22(36)7-6-10-34(4)5/h8-9,11-15,22,36H,6-7,10H2,1-5H3,(H,29,30,32,33)/t22-/m1/s1. The third-order valence-electron chi connectivity index (χ3n) is 5.95. The van der Waals surface area contributed by atoms with Gasteiger partial charge in [-0.1, -0.05) is 6.07 Å². The van der Waals surface area contributed by atoms with Crippen LogP contribution in [0.2, 0.25) is 0 Å². The van der Waals surface area contributed by atoms with Crippen molar-refractivity contribution in [2.75, 3.05) is 26.0 Å². The summed E-state index contributed by atoms with van der Waals surface area (Å²) >= 11 is 0. The second-order valence-corrected chi connectivity index (χ2v) is 9.40. The first kappa shape index (κ1) is 25.6. The average molecular weight is 496 g/mol. The number of hydrogen-bond acceptors (Lipinski definition) is 7. The van der Waals surface area contributed by atoms with E-state index in [-0.39, 0.29) is 28.8 Å². The minimum atomic E-state index is -0.671. The third kappa shape index (κ3) is 5.50. The van der Waals surface area contributed by atoms with Gasteiger partial charge >= 0.3 is 0 Å². The largest absolute Gasteiger partial charge is 0.388 e. The number of aliphatic hydroxyl groups excluding tert-OH is 1. The van der Waals surface area contributed by atoms with Crippen LogP contribution in [-0.2, 0) is 0 Å². The molecule has 0 bridgehead atoms. The highest BCUT2D eigenvalue weighted by atomic mass is 19.1. The SMILES string of the molecule is Cc1nc2c(F)cc(-c3nc(Nc4ccc([C@H](O)CCCN(C)C)cn4)ncc3F)cc2n1C(C)C. The third-order valence-corrected chi connectivity index (χ3v) is 5.95. The minimum Gasteiger partial charge on any atom is -0.388 e. The highest BCUT2D eigenvalue weighted by molar-refractivity contribution is 5.83. The zero-order chi connectivity index (χ0) is 26.0. The Hall–Kier alpha value is -3.50. The summed E-state index contributed by atoms with van der Waals surface area (Å²) in [5.41, 5.74) is 1.78. The van der Waals surface area contributed by atoms with Crippen LogP contribution in [0.1, 0.15) is 50.2 Å². The zero-order valence-corrected chi connectivity index (χ0v) is 21.1. The summed E-state index contributed by atoms with van der Waals surface area (Å²) in [6.45, 7) is 6.66. The lowest BCUT2D eigenvalue weighted by molar-refractivity contribution is 0.160. The van der Waals surface area contributed by atoms with E-state index < -0.39 is 17.7 Å². The van der Waals surface area contributed by atoms with Crippen molar-refractivity contribution in [2.24, 2.45) is 0 Å². The molecule has 8 nitrogen and oxygen atoms in total. The molecule has 2 N–H and O–H groups in total. The molecule has 0 saturated heterocycles. The van der Waals surface area contributed by atoms with Crippen LogP contribution >= 0.6 is 0 Å². The first-order valence-corrected chi connectivity index (χ1v) is 11.9. The first-order chi connectivity index (χ1) is 17.1. The lowest BCUT2D eigenvalue weighted by Crippen LogP contribution is -2.14. The van der Waals surface area contributed by atoms with Crippen molar-refractivity contribution in [1.29, 1.82) is 0 Å². The number of aryl methyl sites for hydroxylation is 1. The van der Waals surface area contributed by atoms with E-state index in [1.165, 1.54) is 6.07 Å². The van der Waals surface area contributed by atoms with Gasteiger partial charge < -0.3 is 19.9 Å². The quantitative estimate of drug-likeness (QED) is 0.331. The van der Waals surface area contributed by atoms with E-state index in [0.29, 0.717) is 29.1 Å². The summed E-state index contributed by atoms with van der Waals surface area (Å²) in [7, 11) is 3.99. The van der Waals surface area contributed by atoms with Crippen LogP contribution in [0.4, 0.5) is 20.5 Å². The molecule has 3 heterocycles. The Kier molecular flexibility index (Phi) is 7.56. The number of halogens is 2. The van der Waals surface area contributed by atoms with E-state index >= 15 is 0 Å². The number of anilines is 2. The van der Waals surface area contributed by atoms with Crippen molar-refractivity contribution in [3.63, 3.8) is 0 Å². The fraction of sp³-hybridized carbons (Fsp3) is 0.385. The number of aromatic nitrogens is 5. The molecule has 10 heteroatoms. The van der Waals surface area contributed by atoms with Crippen LogP contribution in [-0.4, -0.2) is 55.1 Å². The van der Waals surface area contributed by atoms with Gasteiger partial charge in [0.1, 0.15) is 22.9 Å². The molecule has 0 spiro atoms. The molecule has 190 valence electrons. The first-order valence-electron chi connectivity index (χ1n) is 11.9. The van der Waals surface area contributed by atoms with Gasteiger partial charge in [0.25, 0.3) is 0 Å². The molecule has 3 aromatic heterocycles. The summed E-state index contributed by atoms with van der Waals surface area (Å²) in [4.78, 5) is 19.0. The number of aliphatic hydroxyl groups is 1. The van der Waals surface area contributed by atoms with Gasteiger partial charge in [-0.25, -0.2) is 28.7 Å². The molecule has 0 radical (unpaired) electrons. The fourth-order valence-corrected chi connectivity index (χ4v) is 4.25. The van der Waals surface area contributed by atoms with Gasteiger partial charge in [-0.3, -0.25) is 0 Å². The van der Waals surface area contributed by atoms with Gasteiger partial charge in [0.15, 0.2) is 11.6 Å². The van der Waals surface area contributed by atoms with Crippen molar-refractivity contribution in [3.8, 4) is 11.3 Å². The zero-order valence-electron chi connectivity index (χ0n) is 21.1. The normalized spacial score (nSPS) is 12.6. The molecule has 0 unspecified atom stereocenters. The molecule has 0 aliphatic carbocycles. The van der Waals surface area contributed by atoms with Crippen LogP contribution < -0.4 is 5.32 Å². The van der Waals surface area contributed by atoms with Crippen molar-refractivity contribution >= 4 is 22.8 Å². The van der Waals surface area contributed by atoms with Crippen molar-refractivity contribution < 1.29 is 13.9 Å². The van der Waals surface area contributed by atoms with Gasteiger partial charge in [-0.15, -0.1) is 0 Å². The van der Waals surface area contributed by atoms with Gasteiger partial charge in [-0.05, 0) is 78.0 Å². The van der Waals surface area contributed by atoms with Crippen molar-refractivity contribution in [1.82, 2.24) is 29.4 Å². The molecule has 4 rings (SSSR count). The molecular weight excluding hydrogens is 464 g/mol. The number of nitrogens with one attached hydrogen (secondary N) is 1. The predicted molar refractivity (Wildman–Crippen MR) is 136 cm³/mol. The van der Waals surface area contributed by atoms with Crippen LogP contribution in [0.15, 0.2) is 36.7 Å². The molecule has 0 aliphatic heterocycles. The van der Waals surface area contributed by atoms with Gasteiger partial charge in [0, 0.05) is 17.8 Å². The maximum absolute atomic E-state index is 14.9. The summed E-state index contributed by atoms with van der Waals surface area (Å²) in [5, 5.41) is 13.3. The van der Waals surface area contributed by atoms with Gasteiger partial charge in [-0.2, -0.15) is 0 Å². The Bertz CT molecular complexity index is 1350. The summed E-state index contributed by atoms with van der Waals surface area (Å²) in [5.74, 6) is 0.0211. The van der Waals surface area contributed by atoms with Crippen LogP contribution in [0.3, 0.4) is 0 Å². The molecule has 0 saturated carbocycles. The lowest BCUT2D eigenvalue weighted by atomic mass is 10.1. The van der Waals surface area contributed by atoms with Gasteiger partial charge in [0.2, 0.25) is 5.95 Å². The second kappa shape index (κ2) is 10.6. The maximum Gasteiger partial charge on any atom is 0.229 e. The number of imidazole rings is 1. The number of benzene rings is 1. The Morgan fingerprint density at radius 2 is 1.83 bits per heavy atom. The van der Waals surface area contributed by atoms with Crippen LogP contribution in [0, 0.1) is 18.6 Å². The smallest absolute Gasteiger partial charge is 0.229 e. The monoisotopic (exact) mass is 495 g/mol. The van der Waals surface area contributed by atoms with E-state index in [2.05, 4.69) is 30.2 Å². The number of fused-ring (bicyclic) bond motifs is 1. The number of rotatable bonds is 9. The molecule has 1 atom stereocenters. The molecular formula is C26H31F2N7O. The van der Waals surface area contributed by atoms with E-state index in [4.69, 9.17) is 0 Å². The Balaban J connectivity index is 1.57. The molecule has 36 heavy (non-hydrogen) atoms. The minimum absolute atomic E-state index is 0.0320. The fourth-order valence-electron chi connectivity index (χ4n) is 4.25. The number of hydrogen-bond donors (Lipinski definition) is 2. The van der Waals surface area contributed by atoms with E-state index in [1.807, 2.05) is 39.4 Å². The average Bonchev–Trinajstić information content (AvgIpc) is 3.17. The summed E-state index contributed by atoms with van der Waals surface area (Å²) < 4.78 is 31.5. The van der Waals surface area contributed by atoms with Crippen LogP contribution in [0.25, 0.3) is 22.3 Å². The van der Waals surface area contributed by atoms with Crippen molar-refractivity contribution in [3.05, 3.63) is 59.7 Å². The Morgan fingerprint density at radius 3 is 2.50 bits per heavy atom. The van der Waals surface area contributed by atoms with Crippen molar-refractivity contribution in [2.45, 2.75) is 45.8 Å². The highest BCUT2D eigenvalue weighted by Crippen LogP contribution is 2.30. The number of pyridine rings is 1. The maximum atomic E-state index is 14.9. The Morgan fingerprint density at radius 1 is 1.06 bits per heavy atom. The molecule has 4 aromatic rings. The lowest BCUT2D eigenvalue weighted by Gasteiger charge is -2.14. The highest BCUT2D eigenvalue weighted by Gasteiger charge is 2.18. The van der Waals surface area contributed by atoms with E-state index in [1.54, 1.807) is 24.4 Å². The molecule has 0 aliphatic rings. The summed E-state index contributed by atoms with van der Waals surface area (Å²) in [6, 6.07) is 6.46. The second-order valence-electron chi connectivity index (χ2n) is 9.40. The summed E-state index contributed by atoms with van der Waals surface area (Å²) in [6.07, 6.45) is 3.53. The number of nitrogens with zero attached hydrogens (tertiary/aromatic N) is 6.